The SMILES string of the molecule is C[Si](C)(C)c1ccc(F)c([Si](C)(C)C)c1C(=O)N1CCCC1. The molecule has 1 heterocycles. The highest BCUT2D eigenvalue weighted by Gasteiger charge is 2.35. The van der Waals surface area contributed by atoms with Gasteiger partial charge in [-0.3, -0.25) is 4.79 Å². The van der Waals surface area contributed by atoms with E-state index in [9.17, 15) is 9.18 Å². The number of amides is 1. The molecular formula is C17H28FNOSi2. The lowest BCUT2D eigenvalue weighted by Crippen LogP contribution is -2.54. The van der Waals surface area contributed by atoms with Crippen molar-refractivity contribution in [2.24, 2.45) is 0 Å². The second-order valence-electron chi connectivity index (χ2n) is 8.34. The van der Waals surface area contributed by atoms with Crippen molar-refractivity contribution in [3.05, 3.63) is 23.5 Å². The van der Waals surface area contributed by atoms with Gasteiger partial charge in [0.1, 0.15) is 5.82 Å². The minimum atomic E-state index is -1.95. The number of likely N-dealkylation sites (tertiary alicyclic amines) is 1. The maximum Gasteiger partial charge on any atom is 0.253 e. The van der Waals surface area contributed by atoms with Crippen LogP contribution >= 0.6 is 0 Å². The number of carbonyl (C=O) groups excluding carboxylic acids is 1. The average molecular weight is 338 g/mol. The van der Waals surface area contributed by atoms with E-state index in [4.69, 9.17) is 0 Å². The highest BCUT2D eigenvalue weighted by Crippen LogP contribution is 2.18. The molecule has 0 N–H and O–H groups in total. The first kappa shape index (κ1) is 17.4. The molecule has 0 radical (unpaired) electrons. The van der Waals surface area contributed by atoms with E-state index < -0.39 is 16.1 Å². The van der Waals surface area contributed by atoms with Gasteiger partial charge >= 0.3 is 0 Å². The highest BCUT2D eigenvalue weighted by molar-refractivity contribution is 6.93. The summed E-state index contributed by atoms with van der Waals surface area (Å²) in [6.45, 7) is 14.7. The van der Waals surface area contributed by atoms with E-state index in [0.29, 0.717) is 5.56 Å². The van der Waals surface area contributed by atoms with Crippen LogP contribution in [-0.2, 0) is 0 Å². The lowest BCUT2D eigenvalue weighted by atomic mass is 10.2. The first-order valence-electron chi connectivity index (χ1n) is 8.16. The molecule has 0 spiro atoms. The molecule has 0 bridgehead atoms. The Morgan fingerprint density at radius 1 is 1.00 bits per heavy atom. The van der Waals surface area contributed by atoms with E-state index >= 15 is 0 Å². The molecule has 1 aromatic carbocycles. The molecule has 1 aliphatic rings. The minimum absolute atomic E-state index is 0.0619. The summed E-state index contributed by atoms with van der Waals surface area (Å²) in [6, 6.07) is 3.45. The zero-order valence-corrected chi connectivity index (χ0v) is 16.7. The lowest BCUT2D eigenvalue weighted by Gasteiger charge is -2.30. The van der Waals surface area contributed by atoms with Crippen LogP contribution in [0.3, 0.4) is 0 Å². The van der Waals surface area contributed by atoms with E-state index in [1.807, 2.05) is 11.0 Å². The van der Waals surface area contributed by atoms with Crippen molar-refractivity contribution in [2.45, 2.75) is 52.1 Å². The Balaban J connectivity index is 2.70. The lowest BCUT2D eigenvalue weighted by molar-refractivity contribution is 0.0795. The van der Waals surface area contributed by atoms with Crippen molar-refractivity contribution in [2.75, 3.05) is 13.1 Å². The molecule has 1 fully saturated rings. The molecular weight excluding hydrogens is 309 g/mol. The van der Waals surface area contributed by atoms with Crippen molar-refractivity contribution >= 4 is 32.4 Å². The van der Waals surface area contributed by atoms with Crippen LogP contribution in [0.4, 0.5) is 4.39 Å². The van der Waals surface area contributed by atoms with Gasteiger partial charge in [-0.25, -0.2) is 4.39 Å². The fourth-order valence-electron chi connectivity index (χ4n) is 3.24. The van der Waals surface area contributed by atoms with Gasteiger partial charge in [0.25, 0.3) is 5.91 Å². The summed E-state index contributed by atoms with van der Waals surface area (Å²) in [5.41, 5.74) is 0.709. The van der Waals surface area contributed by atoms with Crippen LogP contribution in [0.15, 0.2) is 12.1 Å². The number of rotatable bonds is 3. The molecule has 2 nitrogen and oxygen atoms in total. The maximum atomic E-state index is 14.6. The van der Waals surface area contributed by atoms with Gasteiger partial charge in [0, 0.05) is 18.7 Å². The number of hydrogen-bond acceptors (Lipinski definition) is 1. The molecule has 0 aromatic heterocycles. The van der Waals surface area contributed by atoms with Gasteiger partial charge in [0.05, 0.1) is 16.1 Å². The summed E-state index contributed by atoms with van der Waals surface area (Å²) in [7, 11) is -3.66. The summed E-state index contributed by atoms with van der Waals surface area (Å²) >= 11 is 0. The van der Waals surface area contributed by atoms with Gasteiger partial charge in [0.15, 0.2) is 0 Å². The summed E-state index contributed by atoms with van der Waals surface area (Å²) in [5, 5.41) is 1.84. The van der Waals surface area contributed by atoms with Crippen molar-refractivity contribution in [3.63, 3.8) is 0 Å². The van der Waals surface area contributed by atoms with E-state index in [1.54, 1.807) is 6.07 Å². The predicted molar refractivity (Wildman–Crippen MR) is 97.5 cm³/mol. The first-order chi connectivity index (χ1) is 10.0. The van der Waals surface area contributed by atoms with E-state index in [-0.39, 0.29) is 11.7 Å². The number of benzene rings is 1. The van der Waals surface area contributed by atoms with Crippen molar-refractivity contribution < 1.29 is 9.18 Å². The van der Waals surface area contributed by atoms with Gasteiger partial charge in [-0.1, -0.05) is 45.3 Å². The fraction of sp³-hybridized carbons (Fsp3) is 0.588. The Morgan fingerprint density at radius 2 is 1.55 bits per heavy atom. The third-order valence-corrected chi connectivity index (χ3v) is 8.34. The molecule has 0 unspecified atom stereocenters. The van der Waals surface area contributed by atoms with Gasteiger partial charge in [-0.05, 0) is 29.3 Å². The monoisotopic (exact) mass is 337 g/mol. The largest absolute Gasteiger partial charge is 0.339 e. The van der Waals surface area contributed by atoms with Crippen LogP contribution in [0.2, 0.25) is 39.3 Å². The molecule has 1 aromatic rings. The Kier molecular flexibility index (Phi) is 4.69. The first-order valence-corrected chi connectivity index (χ1v) is 15.2. The van der Waals surface area contributed by atoms with Crippen LogP contribution in [0, 0.1) is 5.82 Å². The standard InChI is InChI=1S/C17H28FNOSi2/c1-21(2,3)14-10-9-13(18)16(22(4,5)6)15(14)17(20)19-11-7-8-12-19/h9-10H,7-8,11-12H2,1-6H3. The average Bonchev–Trinajstić information content (AvgIpc) is 2.88. The summed E-state index contributed by atoms with van der Waals surface area (Å²) in [4.78, 5) is 15.1. The van der Waals surface area contributed by atoms with Gasteiger partial charge in [0.2, 0.25) is 0 Å². The topological polar surface area (TPSA) is 20.3 Å². The molecule has 0 atom stereocenters. The van der Waals surface area contributed by atoms with Crippen LogP contribution in [0.5, 0.6) is 0 Å². The second kappa shape index (κ2) is 5.92. The molecule has 1 aliphatic heterocycles. The zero-order valence-electron chi connectivity index (χ0n) is 14.7. The van der Waals surface area contributed by atoms with E-state index in [1.165, 1.54) is 0 Å². The van der Waals surface area contributed by atoms with Crippen molar-refractivity contribution in [1.82, 2.24) is 4.90 Å². The van der Waals surface area contributed by atoms with Gasteiger partial charge in [-0.2, -0.15) is 0 Å². The number of halogens is 1. The van der Waals surface area contributed by atoms with Crippen LogP contribution < -0.4 is 10.4 Å². The van der Waals surface area contributed by atoms with Crippen LogP contribution in [-0.4, -0.2) is 40.0 Å². The fourth-order valence-corrected chi connectivity index (χ4v) is 6.72. The Hall–Kier alpha value is -0.946. The third-order valence-electron chi connectivity index (χ3n) is 4.32. The van der Waals surface area contributed by atoms with E-state index in [2.05, 4.69) is 39.3 Å². The smallest absolute Gasteiger partial charge is 0.253 e. The second-order valence-corrected chi connectivity index (χ2v) is 18.4. The number of carbonyl (C=O) groups is 1. The zero-order chi connectivity index (χ0) is 16.7. The molecule has 1 amide bonds. The summed E-state index contributed by atoms with van der Waals surface area (Å²) in [5.74, 6) is -0.129. The quantitative estimate of drug-likeness (QED) is 0.776. The molecule has 5 heteroatoms. The predicted octanol–water partition coefficient (Wildman–Crippen LogP) is 3.15. The molecule has 22 heavy (non-hydrogen) atoms. The summed E-state index contributed by atoms with van der Waals surface area (Å²) in [6.07, 6.45) is 2.12. The third kappa shape index (κ3) is 3.35. The minimum Gasteiger partial charge on any atom is -0.339 e. The van der Waals surface area contributed by atoms with Crippen LogP contribution in [0.25, 0.3) is 0 Å². The highest BCUT2D eigenvalue weighted by atomic mass is 28.3. The van der Waals surface area contributed by atoms with Gasteiger partial charge in [-0.15, -0.1) is 0 Å². The van der Waals surface area contributed by atoms with E-state index in [0.717, 1.165) is 36.3 Å². The summed E-state index contributed by atoms with van der Waals surface area (Å²) < 4.78 is 14.6. The Labute approximate surface area is 135 Å². The molecule has 2 rings (SSSR count). The molecule has 0 aliphatic carbocycles. The number of hydrogen-bond donors (Lipinski definition) is 0. The normalized spacial score (nSPS) is 16.2. The molecule has 1 saturated heterocycles. The molecule has 0 saturated carbocycles. The molecule has 122 valence electrons. The van der Waals surface area contributed by atoms with Crippen molar-refractivity contribution in [3.8, 4) is 0 Å². The Morgan fingerprint density at radius 3 is 2.00 bits per heavy atom. The van der Waals surface area contributed by atoms with Crippen LogP contribution in [0.1, 0.15) is 23.2 Å². The number of nitrogens with zero attached hydrogens (tertiary/aromatic N) is 1. The van der Waals surface area contributed by atoms with Gasteiger partial charge < -0.3 is 4.90 Å². The Bertz CT molecular complexity index is 582. The van der Waals surface area contributed by atoms with Crippen molar-refractivity contribution in [1.29, 1.82) is 0 Å². The maximum absolute atomic E-state index is 14.6.